The van der Waals surface area contributed by atoms with Gasteiger partial charge in [-0.2, -0.15) is 0 Å². The molecule has 0 bridgehead atoms. The van der Waals surface area contributed by atoms with Crippen LogP contribution in [0.3, 0.4) is 0 Å². The van der Waals surface area contributed by atoms with Crippen molar-refractivity contribution >= 4 is 11.5 Å². The number of anilines is 2. The SMILES string of the molecule is COCCn1c(N)c(NCCC2=CCCC2)c(=O)[nH]c1=O. The summed E-state index contributed by atoms with van der Waals surface area (Å²) in [5.41, 5.74) is 6.60. The Balaban J connectivity index is 2.10. The van der Waals surface area contributed by atoms with E-state index in [2.05, 4.69) is 16.4 Å². The summed E-state index contributed by atoms with van der Waals surface area (Å²) in [5.74, 6) is 0.154. The predicted octanol–water partition coefficient (Wildman–Crippen LogP) is 0.677. The Hall–Kier alpha value is -2.02. The van der Waals surface area contributed by atoms with E-state index >= 15 is 0 Å². The maximum atomic E-state index is 11.9. The highest BCUT2D eigenvalue weighted by Gasteiger charge is 2.12. The molecule has 7 nitrogen and oxygen atoms in total. The molecule has 1 aromatic rings. The molecule has 0 radical (unpaired) electrons. The van der Waals surface area contributed by atoms with Gasteiger partial charge in [0, 0.05) is 13.7 Å². The fraction of sp³-hybridized carbons (Fsp3) is 0.571. The lowest BCUT2D eigenvalue weighted by atomic mass is 10.2. The number of nitrogens with two attached hydrogens (primary N) is 1. The fourth-order valence-electron chi connectivity index (χ4n) is 2.48. The zero-order valence-electron chi connectivity index (χ0n) is 12.3. The first-order valence-corrected chi connectivity index (χ1v) is 7.16. The van der Waals surface area contributed by atoms with Crippen molar-refractivity contribution in [1.29, 1.82) is 0 Å². The lowest BCUT2D eigenvalue weighted by Gasteiger charge is -2.13. The molecule has 0 amide bonds. The van der Waals surface area contributed by atoms with Crippen molar-refractivity contribution in [3.63, 3.8) is 0 Å². The average molecular weight is 294 g/mol. The third-order valence-corrected chi connectivity index (χ3v) is 3.64. The van der Waals surface area contributed by atoms with Gasteiger partial charge in [-0.15, -0.1) is 0 Å². The summed E-state index contributed by atoms with van der Waals surface area (Å²) >= 11 is 0. The van der Waals surface area contributed by atoms with Crippen LogP contribution in [0.4, 0.5) is 11.5 Å². The summed E-state index contributed by atoms with van der Waals surface area (Å²) < 4.78 is 6.25. The molecule has 0 unspecified atom stereocenters. The number of methoxy groups -OCH3 is 1. The maximum Gasteiger partial charge on any atom is 0.330 e. The number of allylic oxidation sites excluding steroid dienone is 1. The summed E-state index contributed by atoms with van der Waals surface area (Å²) in [6.07, 6.45) is 6.60. The Kier molecular flexibility index (Phi) is 5.21. The van der Waals surface area contributed by atoms with Gasteiger partial charge in [0.25, 0.3) is 5.56 Å². The van der Waals surface area contributed by atoms with Crippen LogP contribution in [0.25, 0.3) is 0 Å². The predicted molar refractivity (Wildman–Crippen MR) is 82.7 cm³/mol. The highest BCUT2D eigenvalue weighted by atomic mass is 16.5. The van der Waals surface area contributed by atoms with E-state index in [0.29, 0.717) is 19.7 Å². The van der Waals surface area contributed by atoms with E-state index in [1.54, 1.807) is 7.11 Å². The van der Waals surface area contributed by atoms with Gasteiger partial charge < -0.3 is 15.8 Å². The summed E-state index contributed by atoms with van der Waals surface area (Å²) in [6, 6.07) is 0. The minimum atomic E-state index is -0.515. The summed E-state index contributed by atoms with van der Waals surface area (Å²) in [4.78, 5) is 25.9. The molecule has 116 valence electrons. The number of hydrogen-bond donors (Lipinski definition) is 3. The molecule has 0 aromatic carbocycles. The van der Waals surface area contributed by atoms with Crippen molar-refractivity contribution < 1.29 is 4.74 Å². The Morgan fingerprint density at radius 2 is 2.29 bits per heavy atom. The van der Waals surface area contributed by atoms with Crippen molar-refractivity contribution in [3.8, 4) is 0 Å². The number of hydrogen-bond acceptors (Lipinski definition) is 5. The minimum Gasteiger partial charge on any atom is -0.383 e. The van der Waals surface area contributed by atoms with Gasteiger partial charge in [0.05, 0.1) is 13.2 Å². The molecule has 21 heavy (non-hydrogen) atoms. The van der Waals surface area contributed by atoms with Gasteiger partial charge in [-0.25, -0.2) is 4.79 Å². The van der Waals surface area contributed by atoms with Gasteiger partial charge in [0.15, 0.2) is 0 Å². The first-order valence-electron chi connectivity index (χ1n) is 7.16. The Morgan fingerprint density at radius 3 is 2.95 bits per heavy atom. The topological polar surface area (TPSA) is 102 Å². The van der Waals surface area contributed by atoms with Crippen LogP contribution in [0.2, 0.25) is 0 Å². The number of aromatic nitrogens is 2. The molecule has 1 aliphatic carbocycles. The van der Waals surface area contributed by atoms with Gasteiger partial charge in [0.1, 0.15) is 11.5 Å². The normalized spacial score (nSPS) is 14.2. The molecule has 4 N–H and O–H groups in total. The quantitative estimate of drug-likeness (QED) is 0.642. The van der Waals surface area contributed by atoms with Gasteiger partial charge in [0.2, 0.25) is 0 Å². The van der Waals surface area contributed by atoms with Crippen LogP contribution in [-0.4, -0.2) is 29.8 Å². The Bertz CT molecular complexity index is 630. The lowest BCUT2D eigenvalue weighted by molar-refractivity contribution is 0.186. The fourth-order valence-corrected chi connectivity index (χ4v) is 2.48. The van der Waals surface area contributed by atoms with Crippen molar-refractivity contribution in [2.75, 3.05) is 31.3 Å². The van der Waals surface area contributed by atoms with Crippen LogP contribution >= 0.6 is 0 Å². The van der Waals surface area contributed by atoms with Crippen LogP contribution in [0.1, 0.15) is 25.7 Å². The number of nitrogen functional groups attached to an aromatic ring is 1. The van der Waals surface area contributed by atoms with Gasteiger partial charge >= 0.3 is 5.69 Å². The maximum absolute atomic E-state index is 11.9. The average Bonchev–Trinajstić information content (AvgIpc) is 2.95. The van der Waals surface area contributed by atoms with Crippen LogP contribution < -0.4 is 22.3 Å². The number of rotatable bonds is 7. The zero-order chi connectivity index (χ0) is 15.2. The Morgan fingerprint density at radius 1 is 1.48 bits per heavy atom. The third-order valence-electron chi connectivity index (χ3n) is 3.64. The van der Waals surface area contributed by atoms with E-state index in [1.165, 1.54) is 16.6 Å². The molecule has 1 aliphatic rings. The molecule has 7 heteroatoms. The van der Waals surface area contributed by atoms with Crippen molar-refractivity contribution in [3.05, 3.63) is 32.5 Å². The molecule has 0 saturated carbocycles. The van der Waals surface area contributed by atoms with Crippen molar-refractivity contribution in [1.82, 2.24) is 9.55 Å². The first kappa shape index (κ1) is 15.4. The summed E-state index contributed by atoms with van der Waals surface area (Å²) in [6.45, 7) is 1.28. The molecule has 0 aliphatic heterocycles. The van der Waals surface area contributed by atoms with E-state index in [9.17, 15) is 9.59 Å². The molecule has 0 atom stereocenters. The number of nitrogens with zero attached hydrogens (tertiary/aromatic N) is 1. The monoisotopic (exact) mass is 294 g/mol. The standard InChI is InChI=1S/C14H22N4O3/c1-21-9-8-18-12(15)11(13(19)17-14(18)20)16-7-6-10-4-2-3-5-10/h4,16H,2-3,5-9,15H2,1H3,(H,17,19,20). The number of H-pyrrole nitrogens is 1. The van der Waals surface area contributed by atoms with E-state index < -0.39 is 11.2 Å². The molecule has 1 heterocycles. The zero-order valence-corrected chi connectivity index (χ0v) is 12.3. The molecule has 0 saturated heterocycles. The Labute approximate surface area is 122 Å². The second kappa shape index (κ2) is 7.12. The number of ether oxygens (including phenoxy) is 1. The summed E-state index contributed by atoms with van der Waals surface area (Å²) in [7, 11) is 1.54. The van der Waals surface area contributed by atoms with Crippen molar-refractivity contribution in [2.45, 2.75) is 32.2 Å². The van der Waals surface area contributed by atoms with Gasteiger partial charge in [-0.1, -0.05) is 11.6 Å². The van der Waals surface area contributed by atoms with Crippen LogP contribution in [0, 0.1) is 0 Å². The van der Waals surface area contributed by atoms with Gasteiger partial charge in [-0.3, -0.25) is 14.3 Å². The summed E-state index contributed by atoms with van der Waals surface area (Å²) in [5, 5.41) is 3.04. The highest BCUT2D eigenvalue weighted by Crippen LogP contribution is 2.20. The smallest absolute Gasteiger partial charge is 0.330 e. The molecular weight excluding hydrogens is 272 g/mol. The highest BCUT2D eigenvalue weighted by molar-refractivity contribution is 5.60. The van der Waals surface area contributed by atoms with Crippen LogP contribution in [-0.2, 0) is 11.3 Å². The third kappa shape index (κ3) is 3.75. The number of aromatic amines is 1. The lowest BCUT2D eigenvalue weighted by Crippen LogP contribution is -2.35. The molecular formula is C14H22N4O3. The largest absolute Gasteiger partial charge is 0.383 e. The molecule has 0 spiro atoms. The number of nitrogens with one attached hydrogen (secondary N) is 2. The second-order valence-corrected chi connectivity index (χ2v) is 5.10. The van der Waals surface area contributed by atoms with Crippen LogP contribution in [0.5, 0.6) is 0 Å². The van der Waals surface area contributed by atoms with E-state index in [-0.39, 0.29) is 11.5 Å². The minimum absolute atomic E-state index is 0.154. The van der Waals surface area contributed by atoms with Crippen LogP contribution in [0.15, 0.2) is 21.2 Å². The molecule has 0 fully saturated rings. The molecule has 1 aromatic heterocycles. The second-order valence-electron chi connectivity index (χ2n) is 5.10. The van der Waals surface area contributed by atoms with E-state index in [0.717, 1.165) is 19.3 Å². The van der Waals surface area contributed by atoms with E-state index in [4.69, 9.17) is 10.5 Å². The van der Waals surface area contributed by atoms with Crippen molar-refractivity contribution in [2.24, 2.45) is 0 Å². The van der Waals surface area contributed by atoms with Gasteiger partial charge in [-0.05, 0) is 25.7 Å². The molecule has 2 rings (SSSR count). The van der Waals surface area contributed by atoms with E-state index in [1.807, 2.05) is 0 Å². The first-order chi connectivity index (χ1) is 10.1.